The van der Waals surface area contributed by atoms with Gasteiger partial charge in [0.1, 0.15) is 17.3 Å². The third-order valence-corrected chi connectivity index (χ3v) is 6.48. The Hall–Kier alpha value is -3.96. The molecule has 11 nitrogen and oxygen atoms in total. The molecule has 2 fully saturated rings. The fourth-order valence-corrected chi connectivity index (χ4v) is 4.29. The zero-order valence-corrected chi connectivity index (χ0v) is 20.6. The van der Waals surface area contributed by atoms with Crippen molar-refractivity contribution in [3.05, 3.63) is 60.0 Å². The van der Waals surface area contributed by atoms with Crippen molar-refractivity contribution in [3.8, 4) is 11.3 Å². The Labute approximate surface area is 215 Å². The Bertz CT molecular complexity index is 1300. The van der Waals surface area contributed by atoms with Gasteiger partial charge in [-0.15, -0.1) is 0 Å². The lowest BCUT2D eigenvalue weighted by Gasteiger charge is -2.26. The van der Waals surface area contributed by atoms with Gasteiger partial charge in [0.2, 0.25) is 5.95 Å². The fourth-order valence-electron chi connectivity index (χ4n) is 4.29. The second-order valence-corrected chi connectivity index (χ2v) is 9.35. The van der Waals surface area contributed by atoms with Gasteiger partial charge in [0, 0.05) is 61.6 Å². The average molecular weight is 502 g/mol. The first-order valence-corrected chi connectivity index (χ1v) is 12.8. The molecular weight excluding hydrogens is 470 g/mol. The van der Waals surface area contributed by atoms with Gasteiger partial charge in [-0.25, -0.2) is 0 Å². The fraction of sp³-hybridized carbons (Fsp3) is 0.385. The number of H-pyrrole nitrogens is 1. The first kappa shape index (κ1) is 23.4. The van der Waals surface area contributed by atoms with E-state index in [2.05, 4.69) is 52.2 Å². The van der Waals surface area contributed by atoms with Crippen LogP contribution in [0.3, 0.4) is 0 Å². The van der Waals surface area contributed by atoms with Gasteiger partial charge in [-0.2, -0.15) is 15.1 Å². The molecule has 1 aliphatic heterocycles. The van der Waals surface area contributed by atoms with E-state index in [0.29, 0.717) is 30.0 Å². The molecule has 1 saturated carbocycles. The van der Waals surface area contributed by atoms with Gasteiger partial charge in [-0.1, -0.05) is 35.5 Å². The molecule has 6 rings (SSSR count). The van der Waals surface area contributed by atoms with E-state index in [-0.39, 0.29) is 0 Å². The van der Waals surface area contributed by atoms with Crippen molar-refractivity contribution in [2.75, 3.05) is 55.3 Å². The highest BCUT2D eigenvalue weighted by Crippen LogP contribution is 2.39. The Balaban J connectivity index is 1.14. The summed E-state index contributed by atoms with van der Waals surface area (Å²) >= 11 is 0. The van der Waals surface area contributed by atoms with E-state index in [1.54, 1.807) is 0 Å². The summed E-state index contributed by atoms with van der Waals surface area (Å²) in [7, 11) is 0. The van der Waals surface area contributed by atoms with Gasteiger partial charge in [0.15, 0.2) is 11.6 Å². The summed E-state index contributed by atoms with van der Waals surface area (Å²) in [5, 5.41) is 21.7. The lowest BCUT2D eigenvalue weighted by atomic mass is 10.1. The summed E-state index contributed by atoms with van der Waals surface area (Å²) in [4.78, 5) is 11.7. The molecule has 0 bridgehead atoms. The third kappa shape index (κ3) is 6.25. The van der Waals surface area contributed by atoms with Crippen LogP contribution < -0.4 is 16.0 Å². The number of hydrogen-bond donors (Lipinski definition) is 4. The van der Waals surface area contributed by atoms with Crippen molar-refractivity contribution in [1.29, 1.82) is 0 Å². The van der Waals surface area contributed by atoms with Crippen molar-refractivity contribution in [2.24, 2.45) is 0 Å². The molecule has 1 aliphatic carbocycles. The molecule has 2 aliphatic rings. The van der Waals surface area contributed by atoms with E-state index in [0.717, 1.165) is 62.3 Å². The van der Waals surface area contributed by atoms with Gasteiger partial charge in [-0.05, 0) is 12.8 Å². The average Bonchev–Trinajstić information content (AvgIpc) is 3.49. The van der Waals surface area contributed by atoms with E-state index in [1.165, 1.54) is 18.5 Å². The number of nitrogens with zero attached hydrogens (tertiary/aromatic N) is 5. The van der Waals surface area contributed by atoms with Crippen molar-refractivity contribution >= 4 is 23.4 Å². The Morgan fingerprint density at radius 2 is 1.78 bits per heavy atom. The number of hydrogen-bond acceptors (Lipinski definition) is 10. The largest absolute Gasteiger partial charge is 0.379 e. The predicted molar refractivity (Wildman–Crippen MR) is 141 cm³/mol. The maximum absolute atomic E-state index is 5.53. The number of aromatic nitrogens is 5. The van der Waals surface area contributed by atoms with Crippen LogP contribution in [-0.2, 0) is 11.3 Å². The number of nitrogens with one attached hydrogen (secondary N) is 4. The van der Waals surface area contributed by atoms with Gasteiger partial charge in [-0.3, -0.25) is 10.00 Å². The topological polar surface area (TPSA) is 129 Å². The molecule has 0 spiro atoms. The van der Waals surface area contributed by atoms with Crippen LogP contribution in [-0.4, -0.2) is 69.6 Å². The summed E-state index contributed by atoms with van der Waals surface area (Å²) in [6, 6.07) is 15.8. The third-order valence-electron chi connectivity index (χ3n) is 6.48. The van der Waals surface area contributed by atoms with Gasteiger partial charge < -0.3 is 25.2 Å². The number of ether oxygens (including phenoxy) is 1. The zero-order valence-electron chi connectivity index (χ0n) is 20.6. The maximum atomic E-state index is 5.53. The molecule has 1 aromatic carbocycles. The molecule has 3 aromatic heterocycles. The molecule has 1 saturated heterocycles. The first-order valence-electron chi connectivity index (χ1n) is 12.8. The summed E-state index contributed by atoms with van der Waals surface area (Å²) in [6.45, 7) is 5.58. The second-order valence-electron chi connectivity index (χ2n) is 9.35. The summed E-state index contributed by atoms with van der Waals surface area (Å²) in [6.07, 6.45) is 2.43. The minimum atomic E-state index is 0.407. The van der Waals surface area contributed by atoms with Crippen molar-refractivity contribution < 1.29 is 9.26 Å². The highest BCUT2D eigenvalue weighted by molar-refractivity contribution is 5.60. The van der Waals surface area contributed by atoms with E-state index >= 15 is 0 Å². The minimum absolute atomic E-state index is 0.407. The molecule has 4 heterocycles. The Morgan fingerprint density at radius 1 is 0.946 bits per heavy atom. The zero-order chi connectivity index (χ0) is 24.9. The van der Waals surface area contributed by atoms with E-state index in [9.17, 15) is 0 Å². The maximum Gasteiger partial charge on any atom is 0.227 e. The van der Waals surface area contributed by atoms with Crippen LogP contribution in [0.4, 0.5) is 23.4 Å². The molecule has 192 valence electrons. The van der Waals surface area contributed by atoms with Crippen molar-refractivity contribution in [3.63, 3.8) is 0 Å². The number of morpholine rings is 1. The van der Waals surface area contributed by atoms with E-state index < -0.39 is 0 Å². The van der Waals surface area contributed by atoms with Crippen LogP contribution in [0, 0.1) is 0 Å². The molecule has 0 atom stereocenters. The molecule has 11 heteroatoms. The predicted octanol–water partition coefficient (Wildman–Crippen LogP) is 3.83. The quantitative estimate of drug-likeness (QED) is 0.241. The molecule has 37 heavy (non-hydrogen) atoms. The van der Waals surface area contributed by atoms with Gasteiger partial charge >= 0.3 is 0 Å². The molecule has 4 N–H and O–H groups in total. The number of aromatic amines is 1. The summed E-state index contributed by atoms with van der Waals surface area (Å²) < 4.78 is 11.0. The lowest BCUT2D eigenvalue weighted by molar-refractivity contribution is 0.0398. The van der Waals surface area contributed by atoms with Crippen LogP contribution in [0.25, 0.3) is 11.3 Å². The van der Waals surface area contributed by atoms with Crippen LogP contribution in [0.1, 0.15) is 30.2 Å². The SMILES string of the molecule is c1ccc(-c2cc(CNc3nc(NCCN4CCOCC4)cc(Nc4cc(C5CC5)[nH]n4)n3)on2)cc1. The van der Waals surface area contributed by atoms with E-state index in [1.807, 2.05) is 42.5 Å². The summed E-state index contributed by atoms with van der Waals surface area (Å²) in [5.41, 5.74) is 2.97. The molecule has 0 radical (unpaired) electrons. The Kier molecular flexibility index (Phi) is 6.95. The highest BCUT2D eigenvalue weighted by Gasteiger charge is 2.25. The highest BCUT2D eigenvalue weighted by atomic mass is 16.5. The smallest absolute Gasteiger partial charge is 0.227 e. The number of rotatable bonds is 11. The minimum Gasteiger partial charge on any atom is -0.379 e. The Morgan fingerprint density at radius 3 is 2.62 bits per heavy atom. The first-order chi connectivity index (χ1) is 18.3. The lowest BCUT2D eigenvalue weighted by Crippen LogP contribution is -2.39. The van der Waals surface area contributed by atoms with Crippen LogP contribution >= 0.6 is 0 Å². The van der Waals surface area contributed by atoms with Crippen molar-refractivity contribution in [1.82, 2.24) is 30.2 Å². The molecule has 0 unspecified atom stereocenters. The number of anilines is 4. The monoisotopic (exact) mass is 501 g/mol. The normalized spacial score (nSPS) is 16.0. The van der Waals surface area contributed by atoms with Crippen LogP contribution in [0.5, 0.6) is 0 Å². The second kappa shape index (κ2) is 11.0. The number of benzene rings is 1. The van der Waals surface area contributed by atoms with Crippen LogP contribution in [0.2, 0.25) is 0 Å². The van der Waals surface area contributed by atoms with Gasteiger partial charge in [0.05, 0.1) is 19.8 Å². The standard InChI is InChI=1S/C26H31N9O2/c1-2-4-18(5-3-1)22-14-20(37-34-22)17-28-26-30-23(27-8-9-35-10-12-36-13-11-35)16-24(31-26)29-25-15-21(32-33-25)19-6-7-19/h1-5,14-16,19H,6-13,17H2,(H4,27,28,29,30,31,32,33). The van der Waals surface area contributed by atoms with E-state index in [4.69, 9.17) is 9.26 Å². The molecular formula is C26H31N9O2. The molecule has 0 amide bonds. The molecule has 4 aromatic rings. The van der Waals surface area contributed by atoms with Crippen LogP contribution in [0.15, 0.2) is 53.1 Å². The van der Waals surface area contributed by atoms with Crippen molar-refractivity contribution in [2.45, 2.75) is 25.3 Å². The summed E-state index contributed by atoms with van der Waals surface area (Å²) in [5.74, 6) is 3.91. The van der Waals surface area contributed by atoms with Gasteiger partial charge in [0.25, 0.3) is 0 Å².